The van der Waals surface area contributed by atoms with Crippen molar-refractivity contribution < 1.29 is 8.81 Å². The van der Waals surface area contributed by atoms with E-state index >= 15 is 0 Å². The van der Waals surface area contributed by atoms with E-state index in [2.05, 4.69) is 15.3 Å². The first-order chi connectivity index (χ1) is 11.1. The van der Waals surface area contributed by atoms with Crippen molar-refractivity contribution in [3.63, 3.8) is 0 Å². The van der Waals surface area contributed by atoms with E-state index in [9.17, 15) is 4.39 Å². The molecule has 0 bridgehead atoms. The van der Waals surface area contributed by atoms with Gasteiger partial charge in [-0.25, -0.2) is 9.37 Å². The number of nitrogens with one attached hydrogen (secondary N) is 1. The topological polar surface area (TPSA) is 55.9 Å². The fraction of sp³-hybridized carbons (Fsp3) is 0.125. The molecule has 2 heterocycles. The Bertz CT molecular complexity index is 1020. The summed E-state index contributed by atoms with van der Waals surface area (Å²) in [6.45, 7) is 0. The highest BCUT2D eigenvalue weighted by molar-refractivity contribution is 6.17. The fourth-order valence-corrected chi connectivity index (χ4v) is 2.65. The highest BCUT2D eigenvalue weighted by Gasteiger charge is 2.12. The minimum absolute atomic E-state index is 0.265. The van der Waals surface area contributed by atoms with Gasteiger partial charge in [0, 0.05) is 19.0 Å². The summed E-state index contributed by atoms with van der Waals surface area (Å²) in [6.07, 6.45) is 0. The quantitative estimate of drug-likeness (QED) is 0.568. The maximum absolute atomic E-state index is 13.2. The van der Waals surface area contributed by atoms with Gasteiger partial charge in [-0.2, -0.15) is 4.98 Å². The highest BCUT2D eigenvalue weighted by atomic mass is 35.5. The number of hydrogen-bond acceptors (Lipinski definition) is 4. The number of aromatic nitrogens is 3. The van der Waals surface area contributed by atoms with Gasteiger partial charge in [-0.05, 0) is 29.8 Å². The van der Waals surface area contributed by atoms with Crippen LogP contribution in [0.5, 0.6) is 0 Å². The number of alkyl halides is 1. The standard InChI is InChI=1S/C16H12ClFN4O/c1-22-13-6-9(8-17)2-4-11(13)19-15(22)21-16-20-12-7-10(18)3-5-14(12)23-16/h2-7H,8H2,1H3,(H,19,20,21). The van der Waals surface area contributed by atoms with Gasteiger partial charge in [0.2, 0.25) is 5.95 Å². The first-order valence-corrected chi connectivity index (χ1v) is 7.52. The Morgan fingerprint density at radius 3 is 2.87 bits per heavy atom. The van der Waals surface area contributed by atoms with Crippen LogP contribution in [0, 0.1) is 5.82 Å². The fourth-order valence-electron chi connectivity index (χ4n) is 2.48. The molecule has 0 aliphatic heterocycles. The number of fused-ring (bicyclic) bond motifs is 2. The second-order valence-electron chi connectivity index (χ2n) is 5.21. The molecule has 0 amide bonds. The molecule has 0 aliphatic carbocycles. The molecule has 0 fully saturated rings. The van der Waals surface area contributed by atoms with Crippen molar-refractivity contribution in [2.75, 3.05) is 5.32 Å². The minimum Gasteiger partial charge on any atom is -0.423 e. The SMILES string of the molecule is Cn1c(Nc2nc3cc(F)ccc3o2)nc2ccc(CCl)cc21. The summed E-state index contributed by atoms with van der Waals surface area (Å²) in [7, 11) is 1.89. The predicted octanol–water partition coefficient (Wildman–Crippen LogP) is 4.34. The lowest BCUT2D eigenvalue weighted by Gasteiger charge is -2.02. The Morgan fingerprint density at radius 2 is 2.04 bits per heavy atom. The zero-order valence-electron chi connectivity index (χ0n) is 12.2. The van der Waals surface area contributed by atoms with Gasteiger partial charge >= 0.3 is 6.01 Å². The number of nitrogens with zero attached hydrogens (tertiary/aromatic N) is 3. The number of aryl methyl sites for hydroxylation is 1. The Labute approximate surface area is 135 Å². The lowest BCUT2D eigenvalue weighted by Crippen LogP contribution is -1.99. The summed E-state index contributed by atoms with van der Waals surface area (Å²) >= 11 is 5.87. The first kappa shape index (κ1) is 14.0. The number of oxazole rings is 1. The van der Waals surface area contributed by atoms with Crippen molar-refractivity contribution >= 4 is 45.7 Å². The van der Waals surface area contributed by atoms with Crippen LogP contribution in [0.15, 0.2) is 40.8 Å². The smallest absolute Gasteiger partial charge is 0.302 e. The van der Waals surface area contributed by atoms with E-state index in [4.69, 9.17) is 16.0 Å². The van der Waals surface area contributed by atoms with Crippen molar-refractivity contribution in [2.24, 2.45) is 7.05 Å². The largest absolute Gasteiger partial charge is 0.423 e. The van der Waals surface area contributed by atoms with Gasteiger partial charge in [0.25, 0.3) is 0 Å². The number of benzene rings is 2. The number of imidazole rings is 1. The molecule has 4 aromatic rings. The molecule has 0 atom stereocenters. The molecular formula is C16H12ClFN4O. The maximum Gasteiger partial charge on any atom is 0.302 e. The van der Waals surface area contributed by atoms with Crippen LogP contribution in [0.1, 0.15) is 5.56 Å². The van der Waals surface area contributed by atoms with Crippen LogP contribution < -0.4 is 5.32 Å². The van der Waals surface area contributed by atoms with Crippen molar-refractivity contribution in [1.29, 1.82) is 0 Å². The van der Waals surface area contributed by atoms with Gasteiger partial charge in [-0.1, -0.05) is 6.07 Å². The Kier molecular flexibility index (Phi) is 3.20. The molecule has 116 valence electrons. The van der Waals surface area contributed by atoms with Crippen LogP contribution >= 0.6 is 11.6 Å². The zero-order valence-corrected chi connectivity index (χ0v) is 12.9. The molecule has 4 rings (SSSR count). The number of hydrogen-bond donors (Lipinski definition) is 1. The summed E-state index contributed by atoms with van der Waals surface area (Å²) in [5.41, 5.74) is 3.78. The van der Waals surface area contributed by atoms with Gasteiger partial charge in [0.15, 0.2) is 5.58 Å². The second-order valence-corrected chi connectivity index (χ2v) is 5.47. The van der Waals surface area contributed by atoms with E-state index in [0.717, 1.165) is 16.6 Å². The number of anilines is 2. The van der Waals surface area contributed by atoms with Crippen molar-refractivity contribution in [1.82, 2.24) is 14.5 Å². The summed E-state index contributed by atoms with van der Waals surface area (Å²) in [5.74, 6) is 0.674. The monoisotopic (exact) mass is 330 g/mol. The summed E-state index contributed by atoms with van der Waals surface area (Å²) < 4.78 is 20.7. The Balaban J connectivity index is 1.74. The van der Waals surface area contributed by atoms with E-state index in [0.29, 0.717) is 22.9 Å². The van der Waals surface area contributed by atoms with Gasteiger partial charge in [0.1, 0.15) is 11.3 Å². The van der Waals surface area contributed by atoms with Gasteiger partial charge in [0.05, 0.1) is 11.0 Å². The molecule has 0 saturated carbocycles. The summed E-state index contributed by atoms with van der Waals surface area (Å²) in [6, 6.07) is 10.3. The normalized spacial score (nSPS) is 11.4. The van der Waals surface area contributed by atoms with E-state index in [1.807, 2.05) is 29.8 Å². The van der Waals surface area contributed by atoms with Crippen molar-refractivity contribution in [3.8, 4) is 0 Å². The van der Waals surface area contributed by atoms with Crippen LogP contribution in [-0.4, -0.2) is 14.5 Å². The lowest BCUT2D eigenvalue weighted by atomic mass is 10.2. The molecule has 0 unspecified atom stereocenters. The molecule has 7 heteroatoms. The van der Waals surface area contributed by atoms with Crippen LogP contribution in [0.2, 0.25) is 0 Å². The Morgan fingerprint density at radius 1 is 1.17 bits per heavy atom. The zero-order chi connectivity index (χ0) is 16.0. The molecule has 2 aromatic carbocycles. The number of halogens is 2. The molecule has 0 saturated heterocycles. The third kappa shape index (κ3) is 2.41. The molecular weight excluding hydrogens is 319 g/mol. The van der Waals surface area contributed by atoms with Crippen LogP contribution in [-0.2, 0) is 12.9 Å². The Hall–Kier alpha value is -2.60. The second kappa shape index (κ2) is 5.24. The van der Waals surface area contributed by atoms with E-state index in [1.165, 1.54) is 12.1 Å². The summed E-state index contributed by atoms with van der Waals surface area (Å²) in [4.78, 5) is 8.73. The molecule has 23 heavy (non-hydrogen) atoms. The van der Waals surface area contributed by atoms with E-state index in [-0.39, 0.29) is 11.8 Å². The third-order valence-electron chi connectivity index (χ3n) is 3.67. The lowest BCUT2D eigenvalue weighted by molar-refractivity contribution is 0.614. The average Bonchev–Trinajstić information content (AvgIpc) is 3.08. The number of rotatable bonds is 3. The average molecular weight is 331 g/mol. The molecule has 1 N–H and O–H groups in total. The predicted molar refractivity (Wildman–Crippen MR) is 87.5 cm³/mol. The van der Waals surface area contributed by atoms with Crippen molar-refractivity contribution in [2.45, 2.75) is 5.88 Å². The van der Waals surface area contributed by atoms with Crippen LogP contribution in [0.3, 0.4) is 0 Å². The van der Waals surface area contributed by atoms with Gasteiger partial charge < -0.3 is 8.98 Å². The third-order valence-corrected chi connectivity index (χ3v) is 3.98. The molecule has 5 nitrogen and oxygen atoms in total. The first-order valence-electron chi connectivity index (χ1n) is 6.98. The highest BCUT2D eigenvalue weighted by Crippen LogP contribution is 2.25. The minimum atomic E-state index is -0.353. The van der Waals surface area contributed by atoms with Crippen molar-refractivity contribution in [3.05, 3.63) is 47.8 Å². The van der Waals surface area contributed by atoms with Crippen LogP contribution in [0.4, 0.5) is 16.4 Å². The van der Waals surface area contributed by atoms with Crippen LogP contribution in [0.25, 0.3) is 22.1 Å². The van der Waals surface area contributed by atoms with Gasteiger partial charge in [-0.15, -0.1) is 11.6 Å². The summed E-state index contributed by atoms with van der Waals surface area (Å²) in [5, 5.41) is 3.03. The molecule has 0 spiro atoms. The molecule has 2 aromatic heterocycles. The molecule has 0 radical (unpaired) electrons. The van der Waals surface area contributed by atoms with Gasteiger partial charge in [-0.3, -0.25) is 5.32 Å². The maximum atomic E-state index is 13.2. The molecule has 0 aliphatic rings. The van der Waals surface area contributed by atoms with E-state index in [1.54, 1.807) is 6.07 Å². The van der Waals surface area contributed by atoms with E-state index < -0.39 is 0 Å².